The van der Waals surface area contributed by atoms with Crippen LogP contribution in [0.2, 0.25) is 0 Å². The Hall–Kier alpha value is -2.24. The molecule has 3 rings (SSSR count). The SMILES string of the molecule is O[C@](/C=C/c1ccc(Br)cc1)(Cn1ccnc1)c1ccncc1. The highest BCUT2D eigenvalue weighted by molar-refractivity contribution is 9.10. The van der Waals surface area contributed by atoms with Gasteiger partial charge in [-0.3, -0.25) is 4.98 Å². The summed E-state index contributed by atoms with van der Waals surface area (Å²) in [7, 11) is 0. The summed E-state index contributed by atoms with van der Waals surface area (Å²) in [4.78, 5) is 8.06. The van der Waals surface area contributed by atoms with Crippen LogP contribution >= 0.6 is 15.9 Å². The molecule has 0 aliphatic heterocycles. The predicted molar refractivity (Wildman–Crippen MR) is 93.5 cm³/mol. The van der Waals surface area contributed by atoms with Crippen molar-refractivity contribution < 1.29 is 5.11 Å². The van der Waals surface area contributed by atoms with E-state index >= 15 is 0 Å². The first kappa shape index (κ1) is 15.6. The number of pyridine rings is 1. The zero-order chi connectivity index (χ0) is 16.1. The minimum absolute atomic E-state index is 0.379. The molecule has 4 nitrogen and oxygen atoms in total. The first-order valence-electron chi connectivity index (χ1n) is 7.19. The molecule has 0 bridgehead atoms. The van der Waals surface area contributed by atoms with Gasteiger partial charge in [0.05, 0.1) is 12.9 Å². The minimum Gasteiger partial charge on any atom is -0.379 e. The van der Waals surface area contributed by atoms with Crippen LogP contribution in [0.1, 0.15) is 11.1 Å². The van der Waals surface area contributed by atoms with Gasteiger partial charge in [-0.15, -0.1) is 0 Å². The number of hydrogen-bond acceptors (Lipinski definition) is 3. The van der Waals surface area contributed by atoms with Gasteiger partial charge in [0.15, 0.2) is 0 Å². The highest BCUT2D eigenvalue weighted by Gasteiger charge is 2.26. The number of rotatable bonds is 5. The van der Waals surface area contributed by atoms with Crippen molar-refractivity contribution in [2.24, 2.45) is 0 Å². The molecule has 2 heterocycles. The van der Waals surface area contributed by atoms with Crippen LogP contribution in [-0.2, 0) is 12.1 Å². The van der Waals surface area contributed by atoms with E-state index in [4.69, 9.17) is 0 Å². The van der Waals surface area contributed by atoms with Gasteiger partial charge in [0.25, 0.3) is 0 Å². The number of aliphatic hydroxyl groups is 1. The third-order valence-electron chi connectivity index (χ3n) is 3.58. The summed E-state index contributed by atoms with van der Waals surface area (Å²) in [5, 5.41) is 11.2. The Balaban J connectivity index is 1.93. The second kappa shape index (κ2) is 6.89. The van der Waals surface area contributed by atoms with Crippen LogP contribution in [0.4, 0.5) is 0 Å². The van der Waals surface area contributed by atoms with Gasteiger partial charge in [-0.1, -0.05) is 34.1 Å². The highest BCUT2D eigenvalue weighted by atomic mass is 79.9. The van der Waals surface area contributed by atoms with Gasteiger partial charge >= 0.3 is 0 Å². The summed E-state index contributed by atoms with van der Waals surface area (Å²) in [5.74, 6) is 0. The van der Waals surface area contributed by atoms with E-state index in [2.05, 4.69) is 25.9 Å². The van der Waals surface area contributed by atoms with Crippen molar-refractivity contribution in [3.05, 3.63) is 89.2 Å². The zero-order valence-electron chi connectivity index (χ0n) is 12.4. The lowest BCUT2D eigenvalue weighted by atomic mass is 9.93. The molecule has 0 aliphatic carbocycles. The van der Waals surface area contributed by atoms with Gasteiger partial charge in [-0.05, 0) is 41.5 Å². The monoisotopic (exact) mass is 369 g/mol. The number of benzene rings is 1. The molecule has 1 atom stereocenters. The first-order valence-corrected chi connectivity index (χ1v) is 7.98. The van der Waals surface area contributed by atoms with Gasteiger partial charge in [-0.25, -0.2) is 4.98 Å². The Kier molecular flexibility index (Phi) is 4.69. The van der Waals surface area contributed by atoms with Crippen LogP contribution in [0.3, 0.4) is 0 Å². The fraction of sp³-hybridized carbons (Fsp3) is 0.111. The van der Waals surface area contributed by atoms with Gasteiger partial charge in [0, 0.05) is 29.3 Å². The van der Waals surface area contributed by atoms with Crippen LogP contribution < -0.4 is 0 Å². The molecule has 0 amide bonds. The number of halogens is 1. The van der Waals surface area contributed by atoms with Gasteiger partial charge in [0.2, 0.25) is 0 Å². The average Bonchev–Trinajstić information content (AvgIpc) is 3.08. The smallest absolute Gasteiger partial charge is 0.126 e. The van der Waals surface area contributed by atoms with Crippen molar-refractivity contribution in [2.45, 2.75) is 12.1 Å². The largest absolute Gasteiger partial charge is 0.379 e. The lowest BCUT2D eigenvalue weighted by Crippen LogP contribution is -2.28. The highest BCUT2D eigenvalue weighted by Crippen LogP contribution is 2.26. The Morgan fingerprint density at radius 2 is 1.78 bits per heavy atom. The summed E-state index contributed by atoms with van der Waals surface area (Å²) in [6.45, 7) is 0.379. The maximum Gasteiger partial charge on any atom is 0.126 e. The van der Waals surface area contributed by atoms with Crippen molar-refractivity contribution in [1.29, 1.82) is 0 Å². The van der Waals surface area contributed by atoms with Gasteiger partial charge in [-0.2, -0.15) is 0 Å². The van der Waals surface area contributed by atoms with E-state index in [0.29, 0.717) is 6.54 Å². The lowest BCUT2D eigenvalue weighted by molar-refractivity contribution is 0.0703. The van der Waals surface area contributed by atoms with E-state index < -0.39 is 5.60 Å². The maximum atomic E-state index is 11.2. The third kappa shape index (κ3) is 3.94. The molecule has 0 fully saturated rings. The molecule has 116 valence electrons. The number of nitrogens with zero attached hydrogens (tertiary/aromatic N) is 3. The molecule has 0 radical (unpaired) electrons. The van der Waals surface area contributed by atoms with E-state index in [1.807, 2.05) is 59.3 Å². The molecular weight excluding hydrogens is 354 g/mol. The topological polar surface area (TPSA) is 50.9 Å². The number of aromatic nitrogens is 3. The summed E-state index contributed by atoms with van der Waals surface area (Å²) in [5.41, 5.74) is 0.664. The van der Waals surface area contributed by atoms with Crippen molar-refractivity contribution in [3.63, 3.8) is 0 Å². The summed E-state index contributed by atoms with van der Waals surface area (Å²) in [6, 6.07) is 11.6. The number of imidazole rings is 1. The standard InChI is InChI=1S/C18H16BrN3O/c19-17-3-1-15(2-4-17)5-8-18(23,13-22-12-11-21-14-22)16-6-9-20-10-7-16/h1-12,14,23H,13H2/b8-5+/t18-/m1/s1. The molecule has 3 aromatic rings. The molecule has 1 N–H and O–H groups in total. The maximum absolute atomic E-state index is 11.2. The van der Waals surface area contributed by atoms with Gasteiger partial charge < -0.3 is 9.67 Å². The molecule has 0 saturated heterocycles. The van der Waals surface area contributed by atoms with Gasteiger partial charge in [0.1, 0.15) is 5.60 Å². The van der Waals surface area contributed by atoms with Crippen LogP contribution in [0.25, 0.3) is 6.08 Å². The molecule has 2 aromatic heterocycles. The van der Waals surface area contributed by atoms with Crippen molar-refractivity contribution in [3.8, 4) is 0 Å². The first-order chi connectivity index (χ1) is 11.2. The van der Waals surface area contributed by atoms with E-state index in [0.717, 1.165) is 15.6 Å². The number of hydrogen-bond donors (Lipinski definition) is 1. The molecule has 0 spiro atoms. The van der Waals surface area contributed by atoms with E-state index in [9.17, 15) is 5.11 Å². The molecule has 0 aliphatic rings. The molecule has 0 saturated carbocycles. The van der Waals surface area contributed by atoms with Crippen LogP contribution in [-0.4, -0.2) is 19.6 Å². The van der Waals surface area contributed by atoms with Crippen LogP contribution in [0, 0.1) is 0 Å². The van der Waals surface area contributed by atoms with Crippen molar-refractivity contribution >= 4 is 22.0 Å². The van der Waals surface area contributed by atoms with E-state index in [1.165, 1.54) is 0 Å². The van der Waals surface area contributed by atoms with E-state index in [1.54, 1.807) is 24.9 Å². The lowest BCUT2D eigenvalue weighted by Gasteiger charge is -2.25. The normalized spacial score (nSPS) is 14.0. The fourth-order valence-electron chi connectivity index (χ4n) is 2.35. The Bertz CT molecular complexity index is 770. The van der Waals surface area contributed by atoms with Crippen LogP contribution in [0.5, 0.6) is 0 Å². The predicted octanol–water partition coefficient (Wildman–Crippen LogP) is 3.64. The summed E-state index contributed by atoms with van der Waals surface area (Å²) in [6.07, 6.45) is 12.3. The third-order valence-corrected chi connectivity index (χ3v) is 4.11. The zero-order valence-corrected chi connectivity index (χ0v) is 14.0. The quantitative estimate of drug-likeness (QED) is 0.746. The second-order valence-electron chi connectivity index (χ2n) is 5.28. The van der Waals surface area contributed by atoms with E-state index in [-0.39, 0.29) is 0 Å². The second-order valence-corrected chi connectivity index (χ2v) is 6.20. The molecule has 0 unspecified atom stereocenters. The Labute approximate surface area is 143 Å². The Morgan fingerprint density at radius 3 is 2.43 bits per heavy atom. The summed E-state index contributed by atoms with van der Waals surface area (Å²) < 4.78 is 2.88. The minimum atomic E-state index is -1.14. The molecule has 23 heavy (non-hydrogen) atoms. The Morgan fingerprint density at radius 1 is 1.04 bits per heavy atom. The van der Waals surface area contributed by atoms with Crippen molar-refractivity contribution in [1.82, 2.24) is 14.5 Å². The molecule has 1 aromatic carbocycles. The fourth-order valence-corrected chi connectivity index (χ4v) is 2.61. The average molecular weight is 370 g/mol. The summed E-state index contributed by atoms with van der Waals surface area (Å²) >= 11 is 3.42. The van der Waals surface area contributed by atoms with Crippen molar-refractivity contribution in [2.75, 3.05) is 0 Å². The van der Waals surface area contributed by atoms with Crippen LogP contribution in [0.15, 0.2) is 78.1 Å². The molecule has 5 heteroatoms. The molecular formula is C18H16BrN3O.